The van der Waals surface area contributed by atoms with Gasteiger partial charge in [-0.05, 0) is 59.9 Å². The van der Waals surface area contributed by atoms with Crippen LogP contribution in [0.2, 0.25) is 0 Å². The number of hydrogen-bond donors (Lipinski definition) is 0. The highest BCUT2D eigenvalue weighted by Gasteiger charge is 2.40. The lowest BCUT2D eigenvalue weighted by atomic mass is 9.97. The van der Waals surface area contributed by atoms with Crippen molar-refractivity contribution in [2.24, 2.45) is 11.8 Å². The third kappa shape index (κ3) is 2.98. The number of benzene rings is 1. The summed E-state index contributed by atoms with van der Waals surface area (Å²) in [7, 11) is 0. The first-order valence-corrected chi connectivity index (χ1v) is 9.18. The second-order valence-electron chi connectivity index (χ2n) is 6.83. The second-order valence-corrected chi connectivity index (χ2v) is 6.83. The molecule has 0 saturated heterocycles. The third-order valence-electron chi connectivity index (χ3n) is 4.93. The molecule has 1 saturated carbocycles. The van der Waals surface area contributed by atoms with E-state index in [-0.39, 0.29) is 0 Å². The fourth-order valence-electron chi connectivity index (χ4n) is 3.63. The summed E-state index contributed by atoms with van der Waals surface area (Å²) in [5.41, 5.74) is 5.38. The molecule has 0 N–H and O–H groups in total. The van der Waals surface area contributed by atoms with Crippen molar-refractivity contribution in [2.75, 3.05) is 0 Å². The Morgan fingerprint density at radius 3 is 2.71 bits per heavy atom. The Morgan fingerprint density at radius 1 is 1.21 bits per heavy atom. The van der Waals surface area contributed by atoms with Crippen LogP contribution in [0.3, 0.4) is 0 Å². The van der Waals surface area contributed by atoms with Crippen molar-refractivity contribution in [1.82, 2.24) is 9.55 Å². The molecule has 1 heterocycles. The lowest BCUT2D eigenvalue weighted by Crippen LogP contribution is -2.04. The maximum atomic E-state index is 4.64. The highest BCUT2D eigenvalue weighted by Crippen LogP contribution is 2.50. The smallest absolute Gasteiger partial charge is 0.140 e. The number of allylic oxidation sites excluding steroid dienone is 4. The Hall–Kier alpha value is -2.09. The first kappa shape index (κ1) is 16.8. The van der Waals surface area contributed by atoms with Crippen LogP contribution in [0.1, 0.15) is 57.0 Å². The van der Waals surface area contributed by atoms with Gasteiger partial charge in [-0.15, -0.1) is 0 Å². The molecule has 4 rings (SSSR count). The van der Waals surface area contributed by atoms with Crippen LogP contribution in [-0.2, 0) is 0 Å². The molecular weight excluding hydrogens is 292 g/mol. The van der Waals surface area contributed by atoms with Gasteiger partial charge in [-0.2, -0.15) is 0 Å². The van der Waals surface area contributed by atoms with Crippen LogP contribution in [0.25, 0.3) is 11.3 Å². The number of aryl methyl sites for hydroxylation is 1. The molecule has 0 aliphatic heterocycles. The molecule has 2 aliphatic rings. The van der Waals surface area contributed by atoms with Gasteiger partial charge in [-0.25, -0.2) is 4.98 Å². The average molecular weight is 320 g/mol. The average Bonchev–Trinajstić information content (AvgIpc) is 3.23. The van der Waals surface area contributed by atoms with E-state index in [4.69, 9.17) is 0 Å². The van der Waals surface area contributed by atoms with Crippen LogP contribution < -0.4 is 0 Å². The highest BCUT2D eigenvalue weighted by molar-refractivity contribution is 5.70. The zero-order chi connectivity index (χ0) is 17.3. The number of imidazole rings is 1. The Bertz CT molecular complexity index is 777. The maximum Gasteiger partial charge on any atom is 0.140 e. The summed E-state index contributed by atoms with van der Waals surface area (Å²) in [6.45, 7) is 10.7. The van der Waals surface area contributed by atoms with Crippen LogP contribution in [0.5, 0.6) is 0 Å². The lowest BCUT2D eigenvalue weighted by Gasteiger charge is -2.15. The molecule has 2 aliphatic carbocycles. The summed E-state index contributed by atoms with van der Waals surface area (Å²) in [5.74, 6) is 3.10. The fourth-order valence-corrected chi connectivity index (χ4v) is 3.63. The first-order valence-electron chi connectivity index (χ1n) is 9.18. The van der Waals surface area contributed by atoms with Crippen molar-refractivity contribution in [1.29, 1.82) is 0 Å². The van der Waals surface area contributed by atoms with E-state index in [1.54, 1.807) is 0 Å². The highest BCUT2D eigenvalue weighted by atomic mass is 15.1. The quantitative estimate of drug-likeness (QED) is 0.686. The Kier molecular flexibility index (Phi) is 4.75. The monoisotopic (exact) mass is 320 g/mol. The predicted octanol–water partition coefficient (Wildman–Crippen LogP) is 5.92. The molecule has 1 fully saturated rings. The van der Waals surface area contributed by atoms with Gasteiger partial charge in [0.1, 0.15) is 5.82 Å². The van der Waals surface area contributed by atoms with Gasteiger partial charge in [-0.3, -0.25) is 0 Å². The van der Waals surface area contributed by atoms with E-state index in [9.17, 15) is 0 Å². The largest absolute Gasteiger partial charge is 0.300 e. The molecule has 0 radical (unpaired) electrons. The molecular formula is C22H28N2. The van der Waals surface area contributed by atoms with Crippen molar-refractivity contribution < 1.29 is 0 Å². The molecule has 1 aromatic carbocycles. The SMILES string of the molecule is CC.Cc1cc(-n2ccnc2C2=CC=CC3CC23)ccc1C(C)C. The van der Waals surface area contributed by atoms with Crippen LogP contribution in [0.15, 0.2) is 48.8 Å². The van der Waals surface area contributed by atoms with E-state index in [0.717, 1.165) is 11.7 Å². The van der Waals surface area contributed by atoms with Gasteiger partial charge in [0.15, 0.2) is 0 Å². The molecule has 1 aromatic heterocycles. The van der Waals surface area contributed by atoms with Gasteiger partial charge in [0, 0.05) is 18.1 Å². The van der Waals surface area contributed by atoms with Gasteiger partial charge in [0.25, 0.3) is 0 Å². The Labute approximate surface area is 145 Å². The summed E-state index contributed by atoms with van der Waals surface area (Å²) in [4.78, 5) is 4.64. The standard InChI is InChI=1S/C20H22N2.C2H6/c1-13(2)17-8-7-16(11-14(17)3)22-10-9-21-20(22)18-6-4-5-15-12-19(15)18;1-2/h4-11,13,15,19H,12H2,1-3H3;1-2H3. The van der Waals surface area contributed by atoms with Gasteiger partial charge in [0.05, 0.1) is 0 Å². The van der Waals surface area contributed by atoms with E-state index >= 15 is 0 Å². The van der Waals surface area contributed by atoms with E-state index in [1.807, 2.05) is 20.0 Å². The molecule has 2 aromatic rings. The van der Waals surface area contributed by atoms with Gasteiger partial charge < -0.3 is 4.57 Å². The van der Waals surface area contributed by atoms with Crippen molar-refractivity contribution in [3.8, 4) is 5.69 Å². The third-order valence-corrected chi connectivity index (χ3v) is 4.93. The fraction of sp³-hybridized carbons (Fsp3) is 0.409. The minimum atomic E-state index is 0.565. The van der Waals surface area contributed by atoms with E-state index in [1.165, 1.54) is 28.8 Å². The molecule has 24 heavy (non-hydrogen) atoms. The van der Waals surface area contributed by atoms with Gasteiger partial charge in [-0.1, -0.05) is 52.0 Å². The van der Waals surface area contributed by atoms with Crippen LogP contribution in [-0.4, -0.2) is 9.55 Å². The summed E-state index contributed by atoms with van der Waals surface area (Å²) in [5, 5.41) is 0. The van der Waals surface area contributed by atoms with Crippen LogP contribution >= 0.6 is 0 Å². The molecule has 0 bridgehead atoms. The molecule has 2 atom stereocenters. The van der Waals surface area contributed by atoms with E-state index in [0.29, 0.717) is 11.8 Å². The normalized spacial score (nSPS) is 21.0. The number of fused-ring (bicyclic) bond motifs is 1. The molecule has 2 unspecified atom stereocenters. The van der Waals surface area contributed by atoms with Crippen molar-refractivity contribution in [2.45, 2.75) is 47.0 Å². The van der Waals surface area contributed by atoms with Crippen molar-refractivity contribution in [3.05, 3.63) is 65.8 Å². The topological polar surface area (TPSA) is 17.8 Å². The summed E-state index contributed by atoms with van der Waals surface area (Å²) >= 11 is 0. The van der Waals surface area contributed by atoms with Crippen molar-refractivity contribution in [3.63, 3.8) is 0 Å². The number of rotatable bonds is 3. The molecule has 0 amide bonds. The minimum absolute atomic E-state index is 0.565. The number of nitrogens with zero attached hydrogens (tertiary/aromatic N) is 2. The van der Waals surface area contributed by atoms with Crippen molar-refractivity contribution >= 4 is 5.57 Å². The molecule has 126 valence electrons. The zero-order valence-corrected chi connectivity index (χ0v) is 15.5. The van der Waals surface area contributed by atoms with Crippen LogP contribution in [0.4, 0.5) is 0 Å². The predicted molar refractivity (Wildman–Crippen MR) is 102 cm³/mol. The minimum Gasteiger partial charge on any atom is -0.300 e. The molecule has 2 nitrogen and oxygen atoms in total. The summed E-state index contributed by atoms with van der Waals surface area (Å²) in [6, 6.07) is 6.76. The first-order chi connectivity index (χ1) is 11.6. The molecule has 0 spiro atoms. The van der Waals surface area contributed by atoms with E-state index < -0.39 is 0 Å². The summed E-state index contributed by atoms with van der Waals surface area (Å²) < 4.78 is 2.23. The van der Waals surface area contributed by atoms with Crippen LogP contribution in [0, 0.1) is 18.8 Å². The van der Waals surface area contributed by atoms with E-state index in [2.05, 4.69) is 72.9 Å². The second kappa shape index (κ2) is 6.80. The van der Waals surface area contributed by atoms with Gasteiger partial charge >= 0.3 is 0 Å². The lowest BCUT2D eigenvalue weighted by molar-refractivity contribution is 0.853. The molecule has 2 heteroatoms. The number of hydrogen-bond acceptors (Lipinski definition) is 1. The zero-order valence-electron chi connectivity index (χ0n) is 15.5. The van der Waals surface area contributed by atoms with Gasteiger partial charge in [0.2, 0.25) is 0 Å². The Morgan fingerprint density at radius 2 is 2.00 bits per heavy atom. The Balaban J connectivity index is 0.000000815. The maximum absolute atomic E-state index is 4.64. The number of aromatic nitrogens is 2. The summed E-state index contributed by atoms with van der Waals surface area (Å²) in [6.07, 6.45) is 12.0.